The zero-order valence-electron chi connectivity index (χ0n) is 15.6. The largest absolute Gasteiger partial charge is 0.459 e. The number of urea groups is 1. The van der Waals surface area contributed by atoms with Gasteiger partial charge in [0.25, 0.3) is 11.8 Å². The molecule has 0 spiro atoms. The fourth-order valence-electron chi connectivity index (χ4n) is 3.10. The number of carbonyl (C=O) groups is 2. The maximum Gasteiger partial charge on any atom is 0.321 e. The van der Waals surface area contributed by atoms with E-state index in [0.29, 0.717) is 31.7 Å². The summed E-state index contributed by atoms with van der Waals surface area (Å²) in [6.07, 6.45) is 2.59. The van der Waals surface area contributed by atoms with Crippen LogP contribution in [0.4, 0.5) is 10.5 Å². The minimum Gasteiger partial charge on any atom is -0.459 e. The zero-order valence-corrected chi connectivity index (χ0v) is 15.6. The number of aromatic nitrogens is 2. The summed E-state index contributed by atoms with van der Waals surface area (Å²) in [7, 11) is 0. The molecule has 1 saturated heterocycles. The SMILES string of the molecule is O=C(OCc1nnc(-c2ccco2)o1)C1CCN(C(=O)Nc2ccccc2)CC1. The Morgan fingerprint density at radius 2 is 1.90 bits per heavy atom. The number of hydrogen-bond acceptors (Lipinski definition) is 7. The Kier molecular flexibility index (Phi) is 5.55. The van der Waals surface area contributed by atoms with Gasteiger partial charge in [0, 0.05) is 18.8 Å². The molecule has 1 aliphatic heterocycles. The van der Waals surface area contributed by atoms with Crippen molar-refractivity contribution < 1.29 is 23.2 Å². The average molecular weight is 396 g/mol. The normalized spacial score (nSPS) is 14.6. The second-order valence-corrected chi connectivity index (χ2v) is 6.64. The number of benzene rings is 1. The summed E-state index contributed by atoms with van der Waals surface area (Å²) in [6, 6.07) is 12.5. The molecule has 0 saturated carbocycles. The first kappa shape index (κ1) is 18.7. The molecular weight excluding hydrogens is 376 g/mol. The van der Waals surface area contributed by atoms with Gasteiger partial charge in [0.1, 0.15) is 0 Å². The predicted molar refractivity (Wildman–Crippen MR) is 102 cm³/mol. The van der Waals surface area contributed by atoms with E-state index in [4.69, 9.17) is 13.6 Å². The van der Waals surface area contributed by atoms with Crippen molar-refractivity contribution in [2.24, 2.45) is 5.92 Å². The predicted octanol–water partition coefficient (Wildman–Crippen LogP) is 3.32. The van der Waals surface area contributed by atoms with Crippen LogP contribution in [-0.4, -0.2) is 40.2 Å². The van der Waals surface area contributed by atoms with Crippen molar-refractivity contribution in [3.8, 4) is 11.7 Å². The second kappa shape index (κ2) is 8.59. The maximum absolute atomic E-state index is 12.3. The first-order valence-corrected chi connectivity index (χ1v) is 9.33. The van der Waals surface area contributed by atoms with Crippen LogP contribution in [0.15, 0.2) is 57.6 Å². The van der Waals surface area contributed by atoms with Gasteiger partial charge < -0.3 is 23.8 Å². The Labute approximate surface area is 166 Å². The van der Waals surface area contributed by atoms with Crippen LogP contribution in [0.5, 0.6) is 0 Å². The Morgan fingerprint density at radius 3 is 2.62 bits per heavy atom. The van der Waals surface area contributed by atoms with Crippen molar-refractivity contribution in [3.05, 3.63) is 54.6 Å². The second-order valence-electron chi connectivity index (χ2n) is 6.64. The zero-order chi connectivity index (χ0) is 20.1. The van der Waals surface area contributed by atoms with Crippen LogP contribution >= 0.6 is 0 Å². The van der Waals surface area contributed by atoms with Crippen LogP contribution < -0.4 is 5.32 Å². The van der Waals surface area contributed by atoms with E-state index in [2.05, 4.69) is 15.5 Å². The number of ether oxygens (including phenoxy) is 1. The lowest BCUT2D eigenvalue weighted by atomic mass is 9.97. The van der Waals surface area contributed by atoms with Gasteiger partial charge in [-0.05, 0) is 37.1 Å². The van der Waals surface area contributed by atoms with Crippen LogP contribution in [0.3, 0.4) is 0 Å². The first-order valence-electron chi connectivity index (χ1n) is 9.33. The van der Waals surface area contributed by atoms with Gasteiger partial charge in [-0.3, -0.25) is 4.79 Å². The highest BCUT2D eigenvalue weighted by Gasteiger charge is 2.28. The summed E-state index contributed by atoms with van der Waals surface area (Å²) >= 11 is 0. The van der Waals surface area contributed by atoms with Gasteiger partial charge in [-0.15, -0.1) is 10.2 Å². The van der Waals surface area contributed by atoms with Crippen molar-refractivity contribution in [1.82, 2.24) is 15.1 Å². The molecule has 0 bridgehead atoms. The Bertz CT molecular complexity index is 946. The highest BCUT2D eigenvalue weighted by Crippen LogP contribution is 2.21. The third-order valence-corrected chi connectivity index (χ3v) is 4.68. The van der Waals surface area contributed by atoms with E-state index in [1.54, 1.807) is 17.0 Å². The molecule has 29 heavy (non-hydrogen) atoms. The van der Waals surface area contributed by atoms with Gasteiger partial charge >= 0.3 is 12.0 Å². The number of likely N-dealkylation sites (tertiary alicyclic amines) is 1. The lowest BCUT2D eigenvalue weighted by Crippen LogP contribution is -2.42. The number of amides is 2. The number of anilines is 1. The number of hydrogen-bond donors (Lipinski definition) is 1. The standard InChI is InChI=1S/C20H20N4O5/c25-19(28-13-17-22-23-18(29-17)16-7-4-12-27-16)14-8-10-24(11-9-14)20(26)21-15-5-2-1-3-6-15/h1-7,12,14H,8-11,13H2,(H,21,26). The van der Waals surface area contributed by atoms with Crippen molar-refractivity contribution in [1.29, 1.82) is 0 Å². The summed E-state index contributed by atoms with van der Waals surface area (Å²) in [4.78, 5) is 26.3. The van der Waals surface area contributed by atoms with Crippen LogP contribution in [0.1, 0.15) is 18.7 Å². The Morgan fingerprint density at radius 1 is 1.10 bits per heavy atom. The topological polar surface area (TPSA) is 111 Å². The van der Waals surface area contributed by atoms with E-state index in [9.17, 15) is 9.59 Å². The third-order valence-electron chi connectivity index (χ3n) is 4.68. The molecule has 9 heteroatoms. The number of furan rings is 1. The van der Waals surface area contributed by atoms with Gasteiger partial charge in [0.05, 0.1) is 12.2 Å². The monoisotopic (exact) mass is 396 g/mol. The fraction of sp³-hybridized carbons (Fsp3) is 0.300. The van der Waals surface area contributed by atoms with Crippen molar-refractivity contribution in [2.45, 2.75) is 19.4 Å². The number of nitrogens with one attached hydrogen (secondary N) is 1. The number of carbonyl (C=O) groups excluding carboxylic acids is 2. The van der Waals surface area contributed by atoms with E-state index in [0.717, 1.165) is 5.69 Å². The molecule has 2 aromatic heterocycles. The molecule has 1 N–H and O–H groups in total. The molecule has 3 aromatic rings. The molecule has 0 unspecified atom stereocenters. The summed E-state index contributed by atoms with van der Waals surface area (Å²) in [5, 5.41) is 10.6. The molecule has 4 rings (SSSR count). The molecule has 9 nitrogen and oxygen atoms in total. The van der Waals surface area contributed by atoms with Crippen molar-refractivity contribution >= 4 is 17.7 Å². The molecular formula is C20H20N4O5. The third kappa shape index (κ3) is 4.63. The lowest BCUT2D eigenvalue weighted by molar-refractivity contribution is -0.152. The molecule has 0 radical (unpaired) electrons. The Hall–Kier alpha value is -3.62. The first-order chi connectivity index (χ1) is 14.2. The van der Waals surface area contributed by atoms with Gasteiger partial charge in [-0.2, -0.15) is 0 Å². The summed E-state index contributed by atoms with van der Waals surface area (Å²) in [6.45, 7) is 0.879. The van der Waals surface area contributed by atoms with Gasteiger partial charge in [-0.1, -0.05) is 18.2 Å². The maximum atomic E-state index is 12.3. The average Bonchev–Trinajstić information content (AvgIpc) is 3.45. The summed E-state index contributed by atoms with van der Waals surface area (Å²) in [5.41, 5.74) is 0.743. The molecule has 0 atom stereocenters. The summed E-state index contributed by atoms with van der Waals surface area (Å²) in [5.74, 6) is 0.300. The number of esters is 1. The molecule has 1 aromatic carbocycles. The van der Waals surface area contributed by atoms with E-state index >= 15 is 0 Å². The van der Waals surface area contributed by atoms with Crippen LogP contribution in [-0.2, 0) is 16.1 Å². The number of piperidine rings is 1. The molecule has 2 amide bonds. The van der Waals surface area contributed by atoms with Crippen LogP contribution in [0, 0.1) is 5.92 Å². The number of para-hydroxylation sites is 1. The Balaban J connectivity index is 1.22. The number of nitrogens with zero attached hydrogens (tertiary/aromatic N) is 3. The number of rotatable bonds is 5. The summed E-state index contributed by atoms with van der Waals surface area (Å²) < 4.78 is 15.9. The highest BCUT2D eigenvalue weighted by atomic mass is 16.5. The highest BCUT2D eigenvalue weighted by molar-refractivity contribution is 5.89. The van der Waals surface area contributed by atoms with E-state index in [1.807, 2.05) is 30.3 Å². The molecule has 1 aliphatic rings. The van der Waals surface area contributed by atoms with Gasteiger partial charge in [0.2, 0.25) is 0 Å². The van der Waals surface area contributed by atoms with Crippen molar-refractivity contribution in [2.75, 3.05) is 18.4 Å². The molecule has 150 valence electrons. The minimum absolute atomic E-state index is 0.0960. The van der Waals surface area contributed by atoms with Crippen LogP contribution in [0.25, 0.3) is 11.7 Å². The van der Waals surface area contributed by atoms with E-state index < -0.39 is 0 Å². The minimum atomic E-state index is -0.328. The quantitative estimate of drug-likeness (QED) is 0.659. The smallest absolute Gasteiger partial charge is 0.321 e. The van der Waals surface area contributed by atoms with Crippen molar-refractivity contribution in [3.63, 3.8) is 0 Å². The molecule has 1 fully saturated rings. The van der Waals surface area contributed by atoms with Gasteiger partial charge in [-0.25, -0.2) is 4.79 Å². The van der Waals surface area contributed by atoms with E-state index in [-0.39, 0.29) is 36.3 Å². The van der Waals surface area contributed by atoms with E-state index in [1.165, 1.54) is 6.26 Å². The fourth-order valence-corrected chi connectivity index (χ4v) is 3.10. The lowest BCUT2D eigenvalue weighted by Gasteiger charge is -2.30. The molecule has 0 aliphatic carbocycles. The van der Waals surface area contributed by atoms with Crippen LogP contribution in [0.2, 0.25) is 0 Å². The molecule has 3 heterocycles. The van der Waals surface area contributed by atoms with Gasteiger partial charge in [0.15, 0.2) is 12.4 Å².